The summed E-state index contributed by atoms with van der Waals surface area (Å²) in [6.45, 7) is 4.42. The van der Waals surface area contributed by atoms with Crippen molar-refractivity contribution in [1.82, 2.24) is 9.91 Å². The van der Waals surface area contributed by atoms with Gasteiger partial charge >= 0.3 is 0 Å². The molecule has 3 rings (SSSR count). The Balaban J connectivity index is 1.51. The molecule has 1 fully saturated rings. The van der Waals surface area contributed by atoms with Crippen molar-refractivity contribution in [2.24, 2.45) is 5.10 Å². The van der Waals surface area contributed by atoms with Crippen LogP contribution in [-0.4, -0.2) is 47.2 Å². The zero-order valence-electron chi connectivity index (χ0n) is 13.7. The number of hydrazone groups is 1. The fourth-order valence-electron chi connectivity index (χ4n) is 2.73. The van der Waals surface area contributed by atoms with E-state index in [9.17, 15) is 10.1 Å². The normalized spacial score (nSPS) is 15.6. The molecule has 0 atom stereocenters. The number of hydrogen-bond acceptors (Lipinski definition) is 5. The molecular formula is C18H19ClN4O2. The molecule has 1 heterocycles. The third kappa shape index (κ3) is 5.01. The second-order valence-corrected chi connectivity index (χ2v) is 6.39. The number of piperazine rings is 1. The van der Waals surface area contributed by atoms with Gasteiger partial charge in [0, 0.05) is 55.4 Å². The van der Waals surface area contributed by atoms with Crippen LogP contribution >= 0.6 is 11.6 Å². The highest BCUT2D eigenvalue weighted by Crippen LogP contribution is 2.14. The molecule has 0 saturated carbocycles. The van der Waals surface area contributed by atoms with Crippen LogP contribution in [0.2, 0.25) is 5.02 Å². The van der Waals surface area contributed by atoms with Crippen molar-refractivity contribution in [1.29, 1.82) is 0 Å². The maximum absolute atomic E-state index is 10.8. The van der Waals surface area contributed by atoms with Gasteiger partial charge in [-0.25, -0.2) is 0 Å². The summed E-state index contributed by atoms with van der Waals surface area (Å²) in [4.78, 5) is 12.8. The molecule has 2 aromatic carbocycles. The molecule has 130 valence electrons. The average molecular weight is 359 g/mol. The molecule has 0 N–H and O–H groups in total. The van der Waals surface area contributed by atoms with E-state index in [1.165, 1.54) is 17.7 Å². The summed E-state index contributed by atoms with van der Waals surface area (Å²) in [5.41, 5.74) is 2.06. The largest absolute Gasteiger partial charge is 0.295 e. The Morgan fingerprint density at radius 2 is 1.84 bits per heavy atom. The fraction of sp³-hybridized carbons (Fsp3) is 0.278. The van der Waals surface area contributed by atoms with Gasteiger partial charge < -0.3 is 0 Å². The third-order valence-electron chi connectivity index (χ3n) is 4.12. The Morgan fingerprint density at radius 3 is 2.52 bits per heavy atom. The lowest BCUT2D eigenvalue weighted by atomic mass is 10.2. The third-order valence-corrected chi connectivity index (χ3v) is 4.37. The van der Waals surface area contributed by atoms with Gasteiger partial charge in [-0.15, -0.1) is 0 Å². The SMILES string of the molecule is O=[N+]([O-])c1cccc(/C=N\N2CCN(Cc3ccc(Cl)cc3)CC2)c1. The topological polar surface area (TPSA) is 62.0 Å². The summed E-state index contributed by atoms with van der Waals surface area (Å²) in [7, 11) is 0. The van der Waals surface area contributed by atoms with Crippen LogP contribution in [0.1, 0.15) is 11.1 Å². The van der Waals surface area contributed by atoms with Crippen LogP contribution in [0, 0.1) is 10.1 Å². The Hall–Kier alpha value is -2.44. The van der Waals surface area contributed by atoms with Gasteiger partial charge in [0.15, 0.2) is 0 Å². The van der Waals surface area contributed by atoms with E-state index < -0.39 is 4.92 Å². The standard InChI is InChI=1S/C18H19ClN4O2/c19-17-6-4-15(5-7-17)14-21-8-10-22(11-9-21)20-13-16-2-1-3-18(12-16)23(24)25/h1-7,12-13H,8-11,14H2/b20-13-. The second kappa shape index (κ2) is 8.09. The van der Waals surface area contributed by atoms with E-state index in [1.54, 1.807) is 12.3 Å². The number of halogens is 1. The molecular weight excluding hydrogens is 340 g/mol. The van der Waals surface area contributed by atoms with Gasteiger partial charge in [-0.05, 0) is 17.7 Å². The van der Waals surface area contributed by atoms with Crippen LogP contribution in [0.3, 0.4) is 0 Å². The molecule has 0 aliphatic carbocycles. The summed E-state index contributed by atoms with van der Waals surface area (Å²) in [5.74, 6) is 0. The van der Waals surface area contributed by atoms with Crippen molar-refractivity contribution < 1.29 is 4.92 Å². The molecule has 25 heavy (non-hydrogen) atoms. The van der Waals surface area contributed by atoms with Crippen LogP contribution in [0.5, 0.6) is 0 Å². The van der Waals surface area contributed by atoms with E-state index in [4.69, 9.17) is 11.6 Å². The number of nitrogens with zero attached hydrogens (tertiary/aromatic N) is 4. The van der Waals surface area contributed by atoms with Crippen molar-refractivity contribution >= 4 is 23.5 Å². The Morgan fingerprint density at radius 1 is 1.12 bits per heavy atom. The van der Waals surface area contributed by atoms with Crippen molar-refractivity contribution in [3.8, 4) is 0 Å². The molecule has 2 aromatic rings. The minimum atomic E-state index is -0.396. The highest BCUT2D eigenvalue weighted by atomic mass is 35.5. The van der Waals surface area contributed by atoms with E-state index in [0.717, 1.165) is 43.3 Å². The lowest BCUT2D eigenvalue weighted by molar-refractivity contribution is -0.384. The number of non-ortho nitro benzene ring substituents is 1. The van der Waals surface area contributed by atoms with Gasteiger partial charge in [-0.2, -0.15) is 5.10 Å². The van der Waals surface area contributed by atoms with Gasteiger partial charge in [0.25, 0.3) is 5.69 Å². The summed E-state index contributed by atoms with van der Waals surface area (Å²) in [6, 6.07) is 14.4. The second-order valence-electron chi connectivity index (χ2n) is 5.95. The minimum absolute atomic E-state index is 0.0803. The van der Waals surface area contributed by atoms with Crippen molar-refractivity contribution in [2.75, 3.05) is 26.2 Å². The van der Waals surface area contributed by atoms with Crippen molar-refractivity contribution in [3.05, 3.63) is 74.8 Å². The maximum Gasteiger partial charge on any atom is 0.270 e. The van der Waals surface area contributed by atoms with Gasteiger partial charge in [0.2, 0.25) is 0 Å². The molecule has 1 aliphatic heterocycles. The van der Waals surface area contributed by atoms with Gasteiger partial charge in [-0.1, -0.05) is 35.9 Å². The Labute approximate surface area is 151 Å². The highest BCUT2D eigenvalue weighted by molar-refractivity contribution is 6.30. The lowest BCUT2D eigenvalue weighted by Crippen LogP contribution is -2.43. The quantitative estimate of drug-likeness (QED) is 0.467. The van der Waals surface area contributed by atoms with Crippen LogP contribution < -0.4 is 0 Å². The molecule has 1 saturated heterocycles. The van der Waals surface area contributed by atoms with E-state index in [-0.39, 0.29) is 5.69 Å². The van der Waals surface area contributed by atoms with Gasteiger partial charge in [0.1, 0.15) is 0 Å². The van der Waals surface area contributed by atoms with Crippen LogP contribution in [0.4, 0.5) is 5.69 Å². The van der Waals surface area contributed by atoms with Gasteiger partial charge in [0.05, 0.1) is 11.1 Å². The van der Waals surface area contributed by atoms with E-state index in [1.807, 2.05) is 23.2 Å². The zero-order valence-corrected chi connectivity index (χ0v) is 14.5. The first-order valence-corrected chi connectivity index (χ1v) is 8.48. The smallest absolute Gasteiger partial charge is 0.270 e. The molecule has 0 bridgehead atoms. The molecule has 0 spiro atoms. The fourth-order valence-corrected chi connectivity index (χ4v) is 2.85. The summed E-state index contributed by atoms with van der Waals surface area (Å²) < 4.78 is 0. The van der Waals surface area contributed by atoms with E-state index in [2.05, 4.69) is 22.1 Å². The number of nitro benzene ring substituents is 1. The zero-order chi connectivity index (χ0) is 17.6. The number of rotatable bonds is 5. The lowest BCUT2D eigenvalue weighted by Gasteiger charge is -2.33. The Bertz CT molecular complexity index is 756. The molecule has 0 radical (unpaired) electrons. The minimum Gasteiger partial charge on any atom is -0.295 e. The first-order chi connectivity index (χ1) is 12.1. The predicted molar refractivity (Wildman–Crippen MR) is 99.0 cm³/mol. The van der Waals surface area contributed by atoms with Crippen molar-refractivity contribution in [3.63, 3.8) is 0 Å². The van der Waals surface area contributed by atoms with Crippen LogP contribution in [0.15, 0.2) is 53.6 Å². The maximum atomic E-state index is 10.8. The van der Waals surface area contributed by atoms with E-state index >= 15 is 0 Å². The highest BCUT2D eigenvalue weighted by Gasteiger charge is 2.15. The van der Waals surface area contributed by atoms with Crippen LogP contribution in [0.25, 0.3) is 0 Å². The van der Waals surface area contributed by atoms with Gasteiger partial charge in [-0.3, -0.25) is 20.0 Å². The molecule has 7 heteroatoms. The van der Waals surface area contributed by atoms with Crippen LogP contribution in [-0.2, 0) is 6.54 Å². The number of nitro groups is 1. The average Bonchev–Trinajstić information content (AvgIpc) is 2.63. The molecule has 0 unspecified atom stereocenters. The summed E-state index contributed by atoms with van der Waals surface area (Å²) in [6.07, 6.45) is 1.68. The molecule has 0 aromatic heterocycles. The number of hydrogen-bond donors (Lipinski definition) is 0. The number of benzene rings is 2. The summed E-state index contributed by atoms with van der Waals surface area (Å²) >= 11 is 5.91. The monoisotopic (exact) mass is 358 g/mol. The molecule has 1 aliphatic rings. The van der Waals surface area contributed by atoms with E-state index in [0.29, 0.717) is 0 Å². The van der Waals surface area contributed by atoms with Crippen molar-refractivity contribution in [2.45, 2.75) is 6.54 Å². The predicted octanol–water partition coefficient (Wildman–Crippen LogP) is 3.40. The Kier molecular flexibility index (Phi) is 5.63. The molecule has 0 amide bonds. The molecule has 6 nitrogen and oxygen atoms in total. The first-order valence-electron chi connectivity index (χ1n) is 8.10. The summed E-state index contributed by atoms with van der Waals surface area (Å²) in [5, 5.41) is 18.0. The first kappa shape index (κ1) is 17.4.